The largest absolute Gasteiger partial charge is 0.497 e. The lowest BCUT2D eigenvalue weighted by molar-refractivity contribution is -0.129. The molecule has 2 aliphatic rings. The highest BCUT2D eigenvalue weighted by Gasteiger charge is 2.44. The van der Waals surface area contributed by atoms with Crippen molar-refractivity contribution < 1.29 is 18.7 Å². The Labute approximate surface area is 215 Å². The van der Waals surface area contributed by atoms with Crippen molar-refractivity contribution in [2.24, 2.45) is 11.0 Å². The van der Waals surface area contributed by atoms with Crippen molar-refractivity contribution in [3.63, 3.8) is 0 Å². The number of hydrazone groups is 1. The zero-order valence-corrected chi connectivity index (χ0v) is 20.8. The number of fused-ring (bicyclic) bond motifs is 1. The quantitative estimate of drug-likeness (QED) is 0.309. The van der Waals surface area contributed by atoms with Gasteiger partial charge in [-0.05, 0) is 78.4 Å². The summed E-state index contributed by atoms with van der Waals surface area (Å²) >= 11 is 0. The van der Waals surface area contributed by atoms with Crippen molar-refractivity contribution in [2.45, 2.75) is 25.3 Å². The maximum Gasteiger partial charge on any atom is 0.285 e. The van der Waals surface area contributed by atoms with Gasteiger partial charge < -0.3 is 13.9 Å². The third-order valence-corrected chi connectivity index (χ3v) is 6.80. The Morgan fingerprint density at radius 2 is 1.78 bits per heavy atom. The van der Waals surface area contributed by atoms with Gasteiger partial charge in [-0.25, -0.2) is 5.01 Å². The summed E-state index contributed by atoms with van der Waals surface area (Å²) in [7, 11) is 3.27. The summed E-state index contributed by atoms with van der Waals surface area (Å²) in [6.45, 7) is 0. The fraction of sp³-hybridized carbons (Fsp3) is 0.233. The smallest absolute Gasteiger partial charge is 0.285 e. The van der Waals surface area contributed by atoms with Gasteiger partial charge >= 0.3 is 0 Å². The van der Waals surface area contributed by atoms with Gasteiger partial charge in [0.1, 0.15) is 28.9 Å². The van der Waals surface area contributed by atoms with Crippen LogP contribution in [0.2, 0.25) is 0 Å². The number of carbonyl (C=O) groups is 1. The first-order valence-corrected chi connectivity index (χ1v) is 12.2. The number of hydrogen-bond acceptors (Lipinski definition) is 6. The fourth-order valence-electron chi connectivity index (χ4n) is 4.98. The molecule has 2 atom stereocenters. The van der Waals surface area contributed by atoms with E-state index in [9.17, 15) is 10.1 Å². The highest BCUT2D eigenvalue weighted by Crippen LogP contribution is 2.45. The number of rotatable bonds is 6. The number of carbonyl (C=O) groups excluding carboxylic acids is 1. The molecule has 1 aromatic heterocycles. The van der Waals surface area contributed by atoms with E-state index in [0.29, 0.717) is 5.76 Å². The summed E-state index contributed by atoms with van der Waals surface area (Å²) in [6.07, 6.45) is 7.84. The second kappa shape index (κ2) is 10.6. The third-order valence-electron chi connectivity index (χ3n) is 6.80. The highest BCUT2D eigenvalue weighted by molar-refractivity contribution is 6.10. The molecule has 1 aliphatic carbocycles. The Morgan fingerprint density at radius 1 is 1.08 bits per heavy atom. The van der Waals surface area contributed by atoms with E-state index in [4.69, 9.17) is 19.0 Å². The minimum Gasteiger partial charge on any atom is -0.497 e. The number of ether oxygens (including phenoxy) is 2. The second-order valence-corrected chi connectivity index (χ2v) is 8.98. The summed E-state index contributed by atoms with van der Waals surface area (Å²) < 4.78 is 16.0. The number of allylic oxidation sites excluding steroid dienone is 1. The molecule has 7 heteroatoms. The normalized spacial score (nSPS) is 20.2. The molecule has 0 bridgehead atoms. The van der Waals surface area contributed by atoms with Gasteiger partial charge in [-0.2, -0.15) is 10.4 Å². The van der Waals surface area contributed by atoms with Crippen molar-refractivity contribution in [1.82, 2.24) is 5.01 Å². The van der Waals surface area contributed by atoms with Crippen molar-refractivity contribution >= 4 is 23.8 Å². The maximum atomic E-state index is 13.7. The molecule has 0 unspecified atom stereocenters. The predicted molar refractivity (Wildman–Crippen MR) is 141 cm³/mol. The SMILES string of the molecule is COc1ccc(/C=C2\CCC[C@@H]3C2=NN(C(=O)/C(C#N)=C/c2ccco2)[C@H]3c2ccc(OC)cc2)cc1. The molecule has 0 radical (unpaired) electrons. The molecule has 7 nitrogen and oxygen atoms in total. The maximum absolute atomic E-state index is 13.7. The molecule has 1 saturated carbocycles. The lowest BCUT2D eigenvalue weighted by Gasteiger charge is -2.29. The number of amides is 1. The van der Waals surface area contributed by atoms with Gasteiger partial charge in [-0.1, -0.05) is 24.3 Å². The van der Waals surface area contributed by atoms with Crippen LogP contribution in [0.25, 0.3) is 12.2 Å². The van der Waals surface area contributed by atoms with Crippen molar-refractivity contribution in [3.8, 4) is 17.6 Å². The summed E-state index contributed by atoms with van der Waals surface area (Å²) in [6, 6.07) is 20.7. The third kappa shape index (κ3) is 4.91. The van der Waals surface area contributed by atoms with Crippen LogP contribution in [-0.4, -0.2) is 30.8 Å². The molecule has 2 heterocycles. The number of methoxy groups -OCH3 is 2. The summed E-state index contributed by atoms with van der Waals surface area (Å²) in [4.78, 5) is 13.7. The van der Waals surface area contributed by atoms with Crippen molar-refractivity contribution in [2.75, 3.05) is 14.2 Å². The molecular weight excluding hydrogens is 466 g/mol. The van der Waals surface area contributed by atoms with Crippen LogP contribution < -0.4 is 9.47 Å². The number of hydrogen-bond donors (Lipinski definition) is 0. The molecule has 0 spiro atoms. The molecule has 37 heavy (non-hydrogen) atoms. The molecule has 0 N–H and O–H groups in total. The van der Waals surface area contributed by atoms with Gasteiger partial charge in [0, 0.05) is 12.0 Å². The Hall–Kier alpha value is -4.57. The Bertz CT molecular complexity index is 1390. The molecule has 186 valence electrons. The van der Waals surface area contributed by atoms with Gasteiger partial charge in [-0.15, -0.1) is 0 Å². The van der Waals surface area contributed by atoms with Crippen molar-refractivity contribution in [1.29, 1.82) is 5.26 Å². The van der Waals surface area contributed by atoms with E-state index in [-0.39, 0.29) is 17.5 Å². The Balaban J connectivity index is 1.56. The fourth-order valence-corrected chi connectivity index (χ4v) is 4.98. The van der Waals surface area contributed by atoms with E-state index in [1.807, 2.05) is 54.6 Å². The van der Waals surface area contributed by atoms with Crippen LogP contribution in [-0.2, 0) is 4.79 Å². The van der Waals surface area contributed by atoms with Gasteiger partial charge in [0.05, 0.1) is 32.2 Å². The van der Waals surface area contributed by atoms with E-state index in [2.05, 4.69) is 6.08 Å². The van der Waals surface area contributed by atoms with Crippen LogP contribution in [0.5, 0.6) is 11.5 Å². The molecule has 5 rings (SSSR count). The molecule has 1 aliphatic heterocycles. The molecule has 0 saturated heterocycles. The van der Waals surface area contributed by atoms with Gasteiger partial charge in [0.15, 0.2) is 0 Å². The van der Waals surface area contributed by atoms with E-state index < -0.39 is 5.91 Å². The lowest BCUT2D eigenvalue weighted by Crippen LogP contribution is -2.32. The summed E-state index contributed by atoms with van der Waals surface area (Å²) in [5.41, 5.74) is 3.95. The monoisotopic (exact) mass is 493 g/mol. The van der Waals surface area contributed by atoms with Crippen molar-refractivity contribution in [3.05, 3.63) is 95.0 Å². The first-order chi connectivity index (χ1) is 18.1. The zero-order valence-electron chi connectivity index (χ0n) is 20.8. The van der Waals surface area contributed by atoms with Gasteiger partial charge in [-0.3, -0.25) is 4.79 Å². The first kappa shape index (κ1) is 24.1. The topological polar surface area (TPSA) is 88.1 Å². The highest BCUT2D eigenvalue weighted by atomic mass is 16.5. The van der Waals surface area contributed by atoms with Gasteiger partial charge in [0.2, 0.25) is 0 Å². The molecule has 1 amide bonds. The van der Waals surface area contributed by atoms with Crippen LogP contribution in [0.4, 0.5) is 0 Å². The minimum absolute atomic E-state index is 0.0131. The first-order valence-electron chi connectivity index (χ1n) is 12.2. The van der Waals surface area contributed by atoms with Crippen LogP contribution in [0.15, 0.2) is 87.6 Å². The average molecular weight is 494 g/mol. The lowest BCUT2D eigenvalue weighted by atomic mass is 9.77. The van der Waals surface area contributed by atoms with E-state index in [1.54, 1.807) is 26.4 Å². The Morgan fingerprint density at radius 3 is 2.41 bits per heavy atom. The van der Waals surface area contributed by atoms with E-state index in [1.165, 1.54) is 17.3 Å². The van der Waals surface area contributed by atoms with E-state index in [0.717, 1.165) is 53.2 Å². The van der Waals surface area contributed by atoms with Gasteiger partial charge in [0.25, 0.3) is 5.91 Å². The zero-order chi connectivity index (χ0) is 25.8. The summed E-state index contributed by atoms with van der Waals surface area (Å²) in [5, 5.41) is 16.2. The van der Waals surface area contributed by atoms with Crippen LogP contribution in [0, 0.1) is 17.2 Å². The molecule has 1 fully saturated rings. The number of nitrogens with zero attached hydrogens (tertiary/aromatic N) is 3. The summed E-state index contributed by atoms with van der Waals surface area (Å²) in [5.74, 6) is 1.53. The number of benzene rings is 2. The van der Waals surface area contributed by atoms with Crippen LogP contribution in [0.1, 0.15) is 42.2 Å². The molecular formula is C30H27N3O4. The second-order valence-electron chi connectivity index (χ2n) is 8.98. The molecule has 3 aromatic rings. The Kier molecular flexibility index (Phi) is 6.91. The van der Waals surface area contributed by atoms with E-state index >= 15 is 0 Å². The van der Waals surface area contributed by atoms with Crippen LogP contribution >= 0.6 is 0 Å². The minimum atomic E-state index is -0.453. The van der Waals surface area contributed by atoms with Crippen LogP contribution in [0.3, 0.4) is 0 Å². The average Bonchev–Trinajstić information content (AvgIpc) is 3.60. The molecule has 2 aromatic carbocycles. The number of furan rings is 1. The standard InChI is InChI=1S/C30H27N3O4/c1-35-24-12-8-20(9-13-24)17-22-5-3-7-27-28(22)32-33(29(27)21-10-14-25(36-2)15-11-21)30(34)23(19-31)18-26-6-4-16-37-26/h4,6,8-18,27,29H,3,5,7H2,1-2H3/b22-17+,23-18+/t27-,29+/m1/s1. The number of nitriles is 1. The predicted octanol–water partition coefficient (Wildman–Crippen LogP) is 6.03.